The third kappa shape index (κ3) is 4.29. The molecule has 1 aliphatic rings. The third-order valence-corrected chi connectivity index (χ3v) is 7.80. The Hall–Kier alpha value is -3.89. The lowest BCUT2D eigenvalue weighted by Gasteiger charge is -2.22. The lowest BCUT2D eigenvalue weighted by Crippen LogP contribution is -2.29. The van der Waals surface area contributed by atoms with Gasteiger partial charge in [0.15, 0.2) is 0 Å². The van der Waals surface area contributed by atoms with Crippen LogP contribution in [-0.4, -0.2) is 12.6 Å². The predicted octanol–water partition coefficient (Wildman–Crippen LogP) is 8.82. The van der Waals surface area contributed by atoms with Gasteiger partial charge in [0, 0.05) is 11.9 Å². The van der Waals surface area contributed by atoms with Gasteiger partial charge < -0.3 is 14.4 Å². The van der Waals surface area contributed by atoms with Crippen molar-refractivity contribution >= 4 is 28.2 Å². The zero-order chi connectivity index (χ0) is 24.6. The standard InChI is InChI=1S/C32H27NO2S/c1-21-14-16-24(17-15-21)34-26-19-23-9-4-5-11-27(23)29(20-26)28-12-7-13-30-31(28)36-32(33(30)3)35-25-10-6-8-22(2)18-25/h4-20,32H,1-3H3. The van der Waals surface area contributed by atoms with Crippen LogP contribution < -0.4 is 14.4 Å². The molecule has 0 bridgehead atoms. The minimum absolute atomic E-state index is 0.138. The van der Waals surface area contributed by atoms with Crippen molar-refractivity contribution in [1.29, 1.82) is 0 Å². The summed E-state index contributed by atoms with van der Waals surface area (Å²) in [6, 6.07) is 35.7. The monoisotopic (exact) mass is 489 g/mol. The van der Waals surface area contributed by atoms with Gasteiger partial charge >= 0.3 is 0 Å². The van der Waals surface area contributed by atoms with Gasteiger partial charge in [-0.25, -0.2) is 0 Å². The summed E-state index contributed by atoms with van der Waals surface area (Å²) in [6.07, 6.45) is 0. The molecule has 0 spiro atoms. The Bertz CT molecular complexity index is 1560. The molecule has 36 heavy (non-hydrogen) atoms. The van der Waals surface area contributed by atoms with Crippen LogP contribution in [-0.2, 0) is 0 Å². The van der Waals surface area contributed by atoms with Crippen molar-refractivity contribution in [2.75, 3.05) is 11.9 Å². The molecule has 5 aromatic rings. The highest BCUT2D eigenvalue weighted by molar-refractivity contribution is 8.00. The molecule has 1 unspecified atom stereocenters. The molecule has 3 nitrogen and oxygen atoms in total. The van der Waals surface area contributed by atoms with E-state index in [1.54, 1.807) is 11.8 Å². The normalized spacial score (nSPS) is 14.6. The van der Waals surface area contributed by atoms with Crippen LogP contribution in [0.2, 0.25) is 0 Å². The fraction of sp³-hybridized carbons (Fsp3) is 0.125. The van der Waals surface area contributed by atoms with Crippen molar-refractivity contribution in [1.82, 2.24) is 0 Å². The van der Waals surface area contributed by atoms with Gasteiger partial charge in [0.1, 0.15) is 17.2 Å². The summed E-state index contributed by atoms with van der Waals surface area (Å²) in [6.45, 7) is 4.17. The van der Waals surface area contributed by atoms with Crippen molar-refractivity contribution in [3.8, 4) is 28.4 Å². The van der Waals surface area contributed by atoms with E-state index in [0.29, 0.717) is 0 Å². The summed E-state index contributed by atoms with van der Waals surface area (Å²) in [4.78, 5) is 3.43. The molecule has 6 rings (SSSR count). The molecule has 1 heterocycles. The van der Waals surface area contributed by atoms with Gasteiger partial charge in [-0.1, -0.05) is 78.0 Å². The zero-order valence-corrected chi connectivity index (χ0v) is 21.4. The molecule has 1 aliphatic heterocycles. The summed E-state index contributed by atoms with van der Waals surface area (Å²) < 4.78 is 12.7. The van der Waals surface area contributed by atoms with Crippen LogP contribution in [0.1, 0.15) is 11.1 Å². The van der Waals surface area contributed by atoms with E-state index in [0.717, 1.165) is 28.2 Å². The van der Waals surface area contributed by atoms with E-state index in [1.165, 1.54) is 32.7 Å². The SMILES string of the molecule is Cc1ccc(Oc2cc(-c3cccc4c3SC(Oc3cccc(C)c3)N4C)c3ccccc3c2)cc1. The molecule has 0 saturated heterocycles. The van der Waals surface area contributed by atoms with Crippen molar-refractivity contribution in [2.24, 2.45) is 0 Å². The minimum Gasteiger partial charge on any atom is -0.461 e. The maximum absolute atomic E-state index is 6.41. The van der Waals surface area contributed by atoms with E-state index < -0.39 is 0 Å². The number of hydrogen-bond acceptors (Lipinski definition) is 4. The van der Waals surface area contributed by atoms with Crippen LogP contribution in [0.4, 0.5) is 5.69 Å². The lowest BCUT2D eigenvalue weighted by molar-refractivity contribution is 0.291. The molecular weight excluding hydrogens is 462 g/mol. The van der Waals surface area contributed by atoms with Crippen molar-refractivity contribution < 1.29 is 9.47 Å². The van der Waals surface area contributed by atoms with Crippen LogP contribution in [0.15, 0.2) is 108 Å². The molecule has 0 fully saturated rings. The minimum atomic E-state index is -0.138. The van der Waals surface area contributed by atoms with Gasteiger partial charge in [-0.3, -0.25) is 0 Å². The molecule has 5 aromatic carbocycles. The van der Waals surface area contributed by atoms with Crippen molar-refractivity contribution in [3.63, 3.8) is 0 Å². The van der Waals surface area contributed by atoms with Crippen molar-refractivity contribution in [3.05, 3.63) is 114 Å². The summed E-state index contributed by atoms with van der Waals surface area (Å²) in [5.74, 6) is 2.54. The first-order chi connectivity index (χ1) is 17.5. The molecule has 0 N–H and O–H groups in total. The number of fused-ring (bicyclic) bond motifs is 2. The first-order valence-corrected chi connectivity index (χ1v) is 13.0. The number of rotatable bonds is 5. The first kappa shape index (κ1) is 22.6. The van der Waals surface area contributed by atoms with E-state index in [4.69, 9.17) is 9.47 Å². The second kappa shape index (κ2) is 9.29. The molecule has 0 radical (unpaired) electrons. The Balaban J connectivity index is 1.41. The summed E-state index contributed by atoms with van der Waals surface area (Å²) >= 11 is 1.75. The Kier molecular flexibility index (Phi) is 5.82. The van der Waals surface area contributed by atoms with Crippen LogP contribution in [0.3, 0.4) is 0 Å². The summed E-state index contributed by atoms with van der Waals surface area (Å²) in [7, 11) is 2.10. The lowest BCUT2D eigenvalue weighted by atomic mass is 9.97. The van der Waals surface area contributed by atoms with Gasteiger partial charge in [0.05, 0.1) is 5.69 Å². The first-order valence-electron chi connectivity index (χ1n) is 12.1. The molecule has 1 atom stereocenters. The molecule has 4 heteroatoms. The molecular formula is C32H27NO2S. The molecule has 0 saturated carbocycles. The second-order valence-electron chi connectivity index (χ2n) is 9.23. The quantitative estimate of drug-likeness (QED) is 0.246. The van der Waals surface area contributed by atoms with Crippen molar-refractivity contribution in [2.45, 2.75) is 24.3 Å². The highest BCUT2D eigenvalue weighted by atomic mass is 32.2. The maximum atomic E-state index is 6.41. The summed E-state index contributed by atoms with van der Waals surface area (Å²) in [5, 5.41) is 2.35. The Labute approximate surface area is 216 Å². The Morgan fingerprint density at radius 2 is 1.47 bits per heavy atom. The molecule has 0 amide bonds. The molecule has 0 aromatic heterocycles. The average molecular weight is 490 g/mol. The third-order valence-electron chi connectivity index (χ3n) is 6.52. The average Bonchev–Trinajstić information content (AvgIpc) is 3.20. The van der Waals surface area contributed by atoms with E-state index in [2.05, 4.69) is 105 Å². The molecule has 0 aliphatic carbocycles. The van der Waals surface area contributed by atoms with E-state index >= 15 is 0 Å². The highest BCUT2D eigenvalue weighted by Crippen LogP contribution is 2.49. The second-order valence-corrected chi connectivity index (χ2v) is 10.3. The predicted molar refractivity (Wildman–Crippen MR) is 150 cm³/mol. The van der Waals surface area contributed by atoms with Gasteiger partial charge in [0.2, 0.25) is 5.56 Å². The number of anilines is 1. The van der Waals surface area contributed by atoms with Gasteiger partial charge in [-0.2, -0.15) is 0 Å². The van der Waals surface area contributed by atoms with Crippen LogP contribution in [0.25, 0.3) is 21.9 Å². The Morgan fingerprint density at radius 3 is 2.31 bits per heavy atom. The number of thioether (sulfide) groups is 1. The van der Waals surface area contributed by atoms with E-state index in [-0.39, 0.29) is 5.56 Å². The fourth-order valence-electron chi connectivity index (χ4n) is 4.65. The maximum Gasteiger partial charge on any atom is 0.225 e. The van der Waals surface area contributed by atoms with Crippen LogP contribution in [0.5, 0.6) is 17.2 Å². The van der Waals surface area contributed by atoms with Crippen LogP contribution in [0, 0.1) is 13.8 Å². The Morgan fingerprint density at radius 1 is 0.667 bits per heavy atom. The molecule has 178 valence electrons. The highest BCUT2D eigenvalue weighted by Gasteiger charge is 2.31. The number of aryl methyl sites for hydroxylation is 2. The number of benzene rings is 5. The largest absolute Gasteiger partial charge is 0.461 e. The van der Waals surface area contributed by atoms with Gasteiger partial charge in [0.25, 0.3) is 0 Å². The number of hydrogen-bond donors (Lipinski definition) is 0. The zero-order valence-electron chi connectivity index (χ0n) is 20.6. The van der Waals surface area contributed by atoms with Crippen LogP contribution >= 0.6 is 11.8 Å². The van der Waals surface area contributed by atoms with E-state index in [9.17, 15) is 0 Å². The number of ether oxygens (including phenoxy) is 2. The summed E-state index contributed by atoms with van der Waals surface area (Å²) in [5.41, 5.74) is 5.78. The number of nitrogens with zero attached hydrogens (tertiary/aromatic N) is 1. The van der Waals surface area contributed by atoms with E-state index in [1.807, 2.05) is 24.3 Å². The van der Waals surface area contributed by atoms with Gasteiger partial charge in [-0.05, 0) is 83.8 Å². The topological polar surface area (TPSA) is 21.7 Å². The fourth-order valence-corrected chi connectivity index (χ4v) is 5.92. The van der Waals surface area contributed by atoms with Gasteiger partial charge in [-0.15, -0.1) is 0 Å². The smallest absolute Gasteiger partial charge is 0.225 e.